The zero-order chi connectivity index (χ0) is 15.2. The first-order valence-electron chi connectivity index (χ1n) is 6.08. The van der Waals surface area contributed by atoms with Crippen LogP contribution in [-0.4, -0.2) is 29.7 Å². The fraction of sp³-hybridized carbons (Fsp3) is 0.250. The SMILES string of the molecule is Cn1cc(S(=O)(=O)c2ccc([N+](=O)[O-])c3c2CCO3)cn1. The van der Waals surface area contributed by atoms with E-state index in [0.717, 1.165) is 6.07 Å². The van der Waals surface area contributed by atoms with Gasteiger partial charge >= 0.3 is 5.69 Å². The largest absolute Gasteiger partial charge is 0.486 e. The minimum absolute atomic E-state index is 0.0357. The number of nitro groups is 1. The first kappa shape index (κ1) is 13.6. The minimum atomic E-state index is -3.77. The van der Waals surface area contributed by atoms with Gasteiger partial charge in [-0.15, -0.1) is 0 Å². The molecular formula is C12H11N3O5S. The lowest BCUT2D eigenvalue weighted by molar-refractivity contribution is -0.385. The molecule has 21 heavy (non-hydrogen) atoms. The summed E-state index contributed by atoms with van der Waals surface area (Å²) in [7, 11) is -2.16. The van der Waals surface area contributed by atoms with E-state index in [4.69, 9.17) is 4.74 Å². The average molecular weight is 309 g/mol. The predicted molar refractivity (Wildman–Crippen MR) is 71.0 cm³/mol. The topological polar surface area (TPSA) is 104 Å². The van der Waals surface area contributed by atoms with E-state index in [2.05, 4.69) is 5.10 Å². The van der Waals surface area contributed by atoms with Crippen molar-refractivity contribution >= 4 is 15.5 Å². The van der Waals surface area contributed by atoms with E-state index in [1.54, 1.807) is 7.05 Å². The number of aryl methyl sites for hydroxylation is 1. The molecule has 0 radical (unpaired) electrons. The highest BCUT2D eigenvalue weighted by atomic mass is 32.2. The Hall–Kier alpha value is -2.42. The van der Waals surface area contributed by atoms with Crippen molar-refractivity contribution in [2.75, 3.05) is 6.61 Å². The van der Waals surface area contributed by atoms with Crippen molar-refractivity contribution in [2.45, 2.75) is 16.2 Å². The van der Waals surface area contributed by atoms with Crippen LogP contribution in [0.4, 0.5) is 5.69 Å². The molecular weight excluding hydrogens is 298 g/mol. The lowest BCUT2D eigenvalue weighted by Crippen LogP contribution is -2.05. The van der Waals surface area contributed by atoms with Crippen molar-refractivity contribution < 1.29 is 18.1 Å². The van der Waals surface area contributed by atoms with Crippen LogP contribution in [0.1, 0.15) is 5.56 Å². The highest BCUT2D eigenvalue weighted by molar-refractivity contribution is 7.91. The number of hydrogen-bond donors (Lipinski definition) is 0. The van der Waals surface area contributed by atoms with Crippen LogP contribution < -0.4 is 4.74 Å². The van der Waals surface area contributed by atoms with Gasteiger partial charge in [-0.3, -0.25) is 14.8 Å². The molecule has 0 amide bonds. The third-order valence-electron chi connectivity index (χ3n) is 3.27. The molecule has 8 nitrogen and oxygen atoms in total. The molecule has 0 fully saturated rings. The second kappa shape index (κ2) is 4.55. The van der Waals surface area contributed by atoms with Crippen molar-refractivity contribution in [3.63, 3.8) is 0 Å². The molecule has 0 unspecified atom stereocenters. The maximum Gasteiger partial charge on any atom is 0.311 e. The number of rotatable bonds is 3. The van der Waals surface area contributed by atoms with Crippen LogP contribution in [0.15, 0.2) is 34.3 Å². The van der Waals surface area contributed by atoms with E-state index in [-0.39, 0.29) is 27.8 Å². The Morgan fingerprint density at radius 2 is 2.19 bits per heavy atom. The summed E-state index contributed by atoms with van der Waals surface area (Å²) in [5, 5.41) is 14.8. The Kier molecular flexibility index (Phi) is 2.94. The zero-order valence-electron chi connectivity index (χ0n) is 11.0. The monoisotopic (exact) mass is 309 g/mol. The number of hydrogen-bond acceptors (Lipinski definition) is 6. The van der Waals surface area contributed by atoms with Crippen LogP contribution in [0, 0.1) is 10.1 Å². The summed E-state index contributed by atoms with van der Waals surface area (Å²) in [5.74, 6) is 0.0463. The van der Waals surface area contributed by atoms with Gasteiger partial charge in [-0.2, -0.15) is 5.10 Å². The van der Waals surface area contributed by atoms with E-state index in [0.29, 0.717) is 12.0 Å². The normalized spacial score (nSPS) is 13.8. The molecule has 0 saturated heterocycles. The number of benzene rings is 1. The standard InChI is InChI=1S/C12H11N3O5S/c1-14-7-8(6-13-14)21(18,19)11-3-2-10(15(16)17)12-9(11)4-5-20-12/h2-3,6-7H,4-5H2,1H3. The summed E-state index contributed by atoms with van der Waals surface area (Å²) in [6.45, 7) is 0.232. The molecule has 110 valence electrons. The highest BCUT2D eigenvalue weighted by Crippen LogP contribution is 2.40. The molecule has 3 rings (SSSR count). The average Bonchev–Trinajstić information content (AvgIpc) is 3.05. The molecule has 0 spiro atoms. The van der Waals surface area contributed by atoms with Gasteiger partial charge in [0.25, 0.3) is 0 Å². The fourth-order valence-corrected chi connectivity index (χ4v) is 3.81. The Labute approximate surface area is 120 Å². The lowest BCUT2D eigenvalue weighted by atomic mass is 10.1. The number of fused-ring (bicyclic) bond motifs is 1. The molecule has 0 atom stereocenters. The number of sulfone groups is 1. The molecule has 1 aliphatic rings. The van der Waals surface area contributed by atoms with Gasteiger partial charge in [0.1, 0.15) is 4.90 Å². The van der Waals surface area contributed by atoms with Crippen LogP contribution in [0.5, 0.6) is 5.75 Å². The van der Waals surface area contributed by atoms with Crippen molar-refractivity contribution in [2.24, 2.45) is 7.05 Å². The summed E-state index contributed by atoms with van der Waals surface area (Å²) in [4.78, 5) is 10.5. The highest BCUT2D eigenvalue weighted by Gasteiger charge is 2.32. The van der Waals surface area contributed by atoms with Crippen molar-refractivity contribution in [3.05, 3.63) is 40.2 Å². The molecule has 1 aromatic heterocycles. The number of aromatic nitrogens is 2. The summed E-state index contributed by atoms with van der Waals surface area (Å²) >= 11 is 0. The van der Waals surface area contributed by atoms with Gasteiger partial charge in [-0.1, -0.05) is 0 Å². The van der Waals surface area contributed by atoms with Crippen LogP contribution >= 0.6 is 0 Å². The molecule has 2 heterocycles. The van der Waals surface area contributed by atoms with Gasteiger partial charge in [-0.25, -0.2) is 8.42 Å². The van der Waals surface area contributed by atoms with E-state index in [1.807, 2.05) is 0 Å². The maximum atomic E-state index is 12.6. The van der Waals surface area contributed by atoms with E-state index >= 15 is 0 Å². The molecule has 1 aliphatic heterocycles. The predicted octanol–water partition coefficient (Wildman–Crippen LogP) is 1.10. The lowest BCUT2D eigenvalue weighted by Gasteiger charge is -2.07. The quantitative estimate of drug-likeness (QED) is 0.621. The molecule has 0 N–H and O–H groups in total. The van der Waals surface area contributed by atoms with Gasteiger partial charge in [0, 0.05) is 31.3 Å². The third-order valence-corrected chi connectivity index (χ3v) is 5.07. The van der Waals surface area contributed by atoms with Crippen molar-refractivity contribution in [3.8, 4) is 5.75 Å². The third kappa shape index (κ3) is 2.05. The number of ether oxygens (including phenoxy) is 1. The van der Waals surface area contributed by atoms with Crippen LogP contribution in [0.25, 0.3) is 0 Å². The second-order valence-corrected chi connectivity index (χ2v) is 6.52. The summed E-state index contributed by atoms with van der Waals surface area (Å²) in [5.41, 5.74) is 0.140. The van der Waals surface area contributed by atoms with Gasteiger partial charge in [0.2, 0.25) is 15.6 Å². The summed E-state index contributed by atoms with van der Waals surface area (Å²) in [6, 6.07) is 2.42. The Morgan fingerprint density at radius 3 is 2.81 bits per heavy atom. The van der Waals surface area contributed by atoms with E-state index in [1.165, 1.54) is 23.1 Å². The molecule has 9 heteroatoms. The van der Waals surface area contributed by atoms with E-state index in [9.17, 15) is 18.5 Å². The van der Waals surface area contributed by atoms with Gasteiger partial charge in [0.05, 0.1) is 22.6 Å². The number of nitrogens with zero attached hydrogens (tertiary/aromatic N) is 3. The van der Waals surface area contributed by atoms with Crippen LogP contribution in [0.3, 0.4) is 0 Å². The van der Waals surface area contributed by atoms with Crippen molar-refractivity contribution in [1.82, 2.24) is 9.78 Å². The van der Waals surface area contributed by atoms with Crippen molar-refractivity contribution in [1.29, 1.82) is 0 Å². The first-order chi connectivity index (χ1) is 9.91. The summed E-state index contributed by atoms with van der Waals surface area (Å²) in [6.07, 6.45) is 2.96. The molecule has 0 bridgehead atoms. The Balaban J connectivity index is 2.21. The Bertz CT molecular complexity index is 841. The minimum Gasteiger partial charge on any atom is -0.486 e. The second-order valence-electron chi connectivity index (χ2n) is 4.60. The van der Waals surface area contributed by atoms with Crippen LogP contribution in [-0.2, 0) is 23.3 Å². The molecule has 1 aromatic carbocycles. The molecule has 2 aromatic rings. The molecule has 0 aliphatic carbocycles. The number of nitro benzene ring substituents is 1. The fourth-order valence-electron chi connectivity index (χ4n) is 2.31. The van der Waals surface area contributed by atoms with Gasteiger partial charge in [-0.05, 0) is 6.07 Å². The molecule has 0 saturated carbocycles. The van der Waals surface area contributed by atoms with E-state index < -0.39 is 14.8 Å². The first-order valence-corrected chi connectivity index (χ1v) is 7.56. The maximum absolute atomic E-state index is 12.6. The smallest absolute Gasteiger partial charge is 0.311 e. The van der Waals surface area contributed by atoms with Crippen LogP contribution in [0.2, 0.25) is 0 Å². The Morgan fingerprint density at radius 1 is 1.43 bits per heavy atom. The van der Waals surface area contributed by atoms with Gasteiger partial charge < -0.3 is 4.74 Å². The van der Waals surface area contributed by atoms with Gasteiger partial charge in [0.15, 0.2) is 0 Å². The zero-order valence-corrected chi connectivity index (χ0v) is 11.8. The summed E-state index contributed by atoms with van der Waals surface area (Å²) < 4.78 is 31.8.